The van der Waals surface area contributed by atoms with Crippen LogP contribution in [0.5, 0.6) is 0 Å². The molecule has 3 rings (SSSR count). The number of hydrogen-bond acceptors (Lipinski definition) is 4. The smallest absolute Gasteiger partial charge is 0.357 e. The van der Waals surface area contributed by atoms with E-state index in [1.807, 2.05) is 55.5 Å². The Bertz CT molecular complexity index is 737. The van der Waals surface area contributed by atoms with Gasteiger partial charge in [0.25, 0.3) is 0 Å². The van der Waals surface area contributed by atoms with Gasteiger partial charge in [-0.3, -0.25) is 4.57 Å². The third-order valence-corrected chi connectivity index (χ3v) is 7.09. The first-order valence-electron chi connectivity index (χ1n) is 7.66. The summed E-state index contributed by atoms with van der Waals surface area (Å²) < 4.78 is 26.7. The average Bonchev–Trinajstić information content (AvgIpc) is 2.55. The summed E-state index contributed by atoms with van der Waals surface area (Å²) in [5.74, 6) is -0.561. The summed E-state index contributed by atoms with van der Waals surface area (Å²) >= 11 is 6.85. The van der Waals surface area contributed by atoms with Gasteiger partial charge in [0.05, 0.1) is 12.7 Å². The number of nitrogens with one attached hydrogen (secondary N) is 1. The quantitative estimate of drug-likeness (QED) is 0.525. The third kappa shape index (κ3) is 4.30. The summed E-state index contributed by atoms with van der Waals surface area (Å²) in [6.07, 6.45) is 0.657. The normalized spacial score (nSPS) is 25.2. The first-order valence-corrected chi connectivity index (χ1v) is 10.9. The van der Waals surface area contributed by atoms with Crippen LogP contribution >= 0.6 is 39.5 Å². The van der Waals surface area contributed by atoms with Crippen molar-refractivity contribution in [2.24, 2.45) is 0 Å². The molecule has 2 aromatic rings. The van der Waals surface area contributed by atoms with Crippen molar-refractivity contribution in [3.8, 4) is 0 Å². The molecule has 0 radical (unpaired) electrons. The fraction of sp³-hybridized carbons (Fsp3) is 0.294. The van der Waals surface area contributed by atoms with Crippen molar-refractivity contribution in [3.05, 3.63) is 63.0 Å². The molecule has 1 N–H and O–H groups in total. The minimum Gasteiger partial charge on any atom is -0.368 e. The minimum absolute atomic E-state index is 0.0887. The summed E-state index contributed by atoms with van der Waals surface area (Å²) in [4.78, 5) is 0. The molecule has 7 heteroatoms. The number of hydrogen-bond donors (Lipinski definition) is 1. The molecule has 0 unspecified atom stereocenters. The van der Waals surface area contributed by atoms with Crippen LogP contribution in [0.15, 0.2) is 57.5 Å². The van der Waals surface area contributed by atoms with E-state index in [4.69, 9.17) is 9.05 Å². The second kappa shape index (κ2) is 7.71. The van der Waals surface area contributed by atoms with Crippen LogP contribution in [-0.4, -0.2) is 12.7 Å². The summed E-state index contributed by atoms with van der Waals surface area (Å²) in [5.41, 5.74) is 1.71. The third-order valence-electron chi connectivity index (χ3n) is 3.77. The van der Waals surface area contributed by atoms with Crippen molar-refractivity contribution in [3.63, 3.8) is 0 Å². The molecule has 0 aliphatic carbocycles. The lowest BCUT2D eigenvalue weighted by Gasteiger charge is -2.34. The fourth-order valence-electron chi connectivity index (χ4n) is 2.51. The maximum Gasteiger partial charge on any atom is 0.357 e. The Morgan fingerprint density at radius 2 is 1.67 bits per heavy atom. The Morgan fingerprint density at radius 1 is 1.08 bits per heavy atom. The van der Waals surface area contributed by atoms with Crippen LogP contribution in [0.1, 0.15) is 24.7 Å². The SMILES string of the molecule is C[C@H]1CCO[P@](=O)([C@@H](Nc2ccc(Br)cc2)c2ccc(Br)cc2)O1. The van der Waals surface area contributed by atoms with Gasteiger partial charge in [-0.05, 0) is 55.3 Å². The van der Waals surface area contributed by atoms with Gasteiger partial charge in [0.1, 0.15) is 0 Å². The lowest BCUT2D eigenvalue weighted by atomic mass is 10.2. The molecule has 128 valence electrons. The van der Waals surface area contributed by atoms with E-state index in [-0.39, 0.29) is 6.10 Å². The molecule has 0 spiro atoms. The van der Waals surface area contributed by atoms with Gasteiger partial charge >= 0.3 is 7.60 Å². The van der Waals surface area contributed by atoms with Crippen molar-refractivity contribution >= 4 is 45.1 Å². The zero-order valence-corrected chi connectivity index (χ0v) is 17.2. The molecule has 3 atom stereocenters. The van der Waals surface area contributed by atoms with Crippen LogP contribution in [0, 0.1) is 0 Å². The van der Waals surface area contributed by atoms with Crippen molar-refractivity contribution in [1.29, 1.82) is 0 Å². The molecule has 1 heterocycles. The number of anilines is 1. The summed E-state index contributed by atoms with van der Waals surface area (Å²) in [6.45, 7) is 2.36. The van der Waals surface area contributed by atoms with Gasteiger partial charge < -0.3 is 14.4 Å². The molecule has 4 nitrogen and oxygen atoms in total. The monoisotopic (exact) mass is 473 g/mol. The molecule has 24 heavy (non-hydrogen) atoms. The minimum atomic E-state index is -3.33. The molecule has 0 saturated carbocycles. The molecular formula is C17H18Br2NO3P. The topological polar surface area (TPSA) is 47.6 Å². The summed E-state index contributed by atoms with van der Waals surface area (Å²) in [5, 5.41) is 3.32. The van der Waals surface area contributed by atoms with E-state index in [1.165, 1.54) is 0 Å². The molecular weight excluding hydrogens is 457 g/mol. The van der Waals surface area contributed by atoms with E-state index < -0.39 is 13.4 Å². The van der Waals surface area contributed by atoms with Gasteiger partial charge in [-0.15, -0.1) is 0 Å². The van der Waals surface area contributed by atoms with Crippen LogP contribution in [-0.2, 0) is 13.6 Å². The molecule has 1 fully saturated rings. The van der Waals surface area contributed by atoms with Gasteiger partial charge in [-0.25, -0.2) is 0 Å². The highest BCUT2D eigenvalue weighted by Crippen LogP contribution is 2.63. The predicted molar refractivity (Wildman–Crippen MR) is 103 cm³/mol. The van der Waals surface area contributed by atoms with Crippen LogP contribution in [0.4, 0.5) is 5.69 Å². The number of rotatable bonds is 4. The molecule has 1 saturated heterocycles. The maximum atomic E-state index is 13.4. The van der Waals surface area contributed by atoms with E-state index in [9.17, 15) is 4.57 Å². The first kappa shape index (κ1) is 18.2. The molecule has 0 amide bonds. The summed E-state index contributed by atoms with van der Waals surface area (Å²) in [7, 11) is -3.33. The Balaban J connectivity index is 1.95. The second-order valence-electron chi connectivity index (χ2n) is 5.68. The number of halogens is 2. The largest absolute Gasteiger partial charge is 0.368 e. The maximum absolute atomic E-state index is 13.4. The van der Waals surface area contributed by atoms with Crippen LogP contribution in [0.2, 0.25) is 0 Å². The Labute approximate surface area is 158 Å². The molecule has 0 aromatic heterocycles. The van der Waals surface area contributed by atoms with Crippen LogP contribution < -0.4 is 5.32 Å². The van der Waals surface area contributed by atoms with E-state index in [0.717, 1.165) is 26.6 Å². The van der Waals surface area contributed by atoms with Crippen molar-refractivity contribution < 1.29 is 13.6 Å². The first-order chi connectivity index (χ1) is 11.5. The zero-order valence-electron chi connectivity index (χ0n) is 13.1. The number of benzene rings is 2. The van der Waals surface area contributed by atoms with E-state index >= 15 is 0 Å². The average molecular weight is 475 g/mol. The fourth-order valence-corrected chi connectivity index (χ4v) is 5.18. The standard InChI is InChI=1S/C17H18Br2NO3P/c1-12-10-11-22-24(21,23-12)17(13-2-4-14(18)5-3-13)20-16-8-6-15(19)7-9-16/h2-9,12,17,20H,10-11H2,1H3/t12-,17+,24+/m0/s1. The lowest BCUT2D eigenvalue weighted by molar-refractivity contribution is 0.0887. The van der Waals surface area contributed by atoms with Crippen molar-refractivity contribution in [2.45, 2.75) is 25.2 Å². The highest BCUT2D eigenvalue weighted by Gasteiger charge is 2.41. The van der Waals surface area contributed by atoms with Crippen molar-refractivity contribution in [2.75, 3.05) is 11.9 Å². The predicted octanol–water partition coefficient (Wildman–Crippen LogP) is 6.34. The Kier molecular flexibility index (Phi) is 5.83. The van der Waals surface area contributed by atoms with Gasteiger partial charge in [-0.1, -0.05) is 44.0 Å². The Morgan fingerprint density at radius 3 is 2.25 bits per heavy atom. The van der Waals surface area contributed by atoms with Crippen LogP contribution in [0.3, 0.4) is 0 Å². The summed E-state index contributed by atoms with van der Waals surface area (Å²) in [6, 6.07) is 15.4. The van der Waals surface area contributed by atoms with Crippen molar-refractivity contribution in [1.82, 2.24) is 0 Å². The second-order valence-corrected chi connectivity index (χ2v) is 9.58. The molecule has 2 aromatic carbocycles. The Hall–Kier alpha value is -0.650. The van der Waals surface area contributed by atoms with Crippen LogP contribution in [0.25, 0.3) is 0 Å². The van der Waals surface area contributed by atoms with E-state index in [1.54, 1.807) is 0 Å². The highest BCUT2D eigenvalue weighted by atomic mass is 79.9. The molecule has 1 aliphatic heterocycles. The lowest BCUT2D eigenvalue weighted by Crippen LogP contribution is -2.23. The highest BCUT2D eigenvalue weighted by molar-refractivity contribution is 9.10. The van der Waals surface area contributed by atoms with Gasteiger partial charge in [-0.2, -0.15) is 0 Å². The van der Waals surface area contributed by atoms with Gasteiger partial charge in [0.2, 0.25) is 0 Å². The van der Waals surface area contributed by atoms with Gasteiger partial charge in [0, 0.05) is 14.6 Å². The van der Waals surface area contributed by atoms with E-state index in [0.29, 0.717) is 6.61 Å². The zero-order chi connectivity index (χ0) is 17.2. The van der Waals surface area contributed by atoms with E-state index in [2.05, 4.69) is 37.2 Å². The molecule has 0 bridgehead atoms. The molecule has 1 aliphatic rings. The van der Waals surface area contributed by atoms with Gasteiger partial charge in [0.15, 0.2) is 5.78 Å².